The van der Waals surface area contributed by atoms with Crippen molar-refractivity contribution in [1.82, 2.24) is 20.0 Å². The lowest BCUT2D eigenvalue weighted by atomic mass is 10.1. The lowest BCUT2D eigenvalue weighted by Gasteiger charge is -2.02. The maximum absolute atomic E-state index is 12.5. The van der Waals surface area contributed by atoms with Crippen LogP contribution in [0, 0.1) is 0 Å². The van der Waals surface area contributed by atoms with Gasteiger partial charge in [0.2, 0.25) is 5.91 Å². The standard InChI is InChI=1S/C20H16N6O2S/c1-13(27)22-15-9-7-14(8-10-15)18-12-29-20(23-18)24-19(28)17-11-21-26(25-17)16-5-3-2-4-6-16/h2-12H,1H3,(H,22,27)(H,23,24,28). The van der Waals surface area contributed by atoms with E-state index in [2.05, 4.69) is 25.8 Å². The minimum atomic E-state index is -0.380. The van der Waals surface area contributed by atoms with Crippen LogP contribution in [0.2, 0.25) is 0 Å². The summed E-state index contributed by atoms with van der Waals surface area (Å²) in [6, 6.07) is 16.7. The fourth-order valence-corrected chi connectivity index (χ4v) is 3.32. The number of rotatable bonds is 5. The van der Waals surface area contributed by atoms with E-state index in [4.69, 9.17) is 0 Å². The molecule has 29 heavy (non-hydrogen) atoms. The molecule has 0 spiro atoms. The summed E-state index contributed by atoms with van der Waals surface area (Å²) < 4.78 is 0. The number of thiazole rings is 1. The third-order valence-corrected chi connectivity index (χ3v) is 4.70. The van der Waals surface area contributed by atoms with Gasteiger partial charge in [0.15, 0.2) is 10.8 Å². The number of hydrogen-bond acceptors (Lipinski definition) is 6. The molecule has 0 unspecified atom stereocenters. The minimum Gasteiger partial charge on any atom is -0.326 e. The Balaban J connectivity index is 1.44. The second-order valence-corrected chi connectivity index (χ2v) is 6.96. The van der Waals surface area contributed by atoms with Gasteiger partial charge >= 0.3 is 0 Å². The van der Waals surface area contributed by atoms with E-state index in [0.29, 0.717) is 10.8 Å². The minimum absolute atomic E-state index is 0.124. The van der Waals surface area contributed by atoms with Gasteiger partial charge in [0.1, 0.15) is 0 Å². The highest BCUT2D eigenvalue weighted by molar-refractivity contribution is 7.14. The summed E-state index contributed by atoms with van der Waals surface area (Å²) >= 11 is 1.32. The monoisotopic (exact) mass is 404 g/mol. The lowest BCUT2D eigenvalue weighted by molar-refractivity contribution is -0.114. The Labute approximate surface area is 170 Å². The van der Waals surface area contributed by atoms with Gasteiger partial charge in [-0.15, -0.1) is 16.4 Å². The molecule has 4 aromatic rings. The maximum atomic E-state index is 12.5. The molecule has 0 saturated heterocycles. The van der Waals surface area contributed by atoms with Crippen molar-refractivity contribution in [2.24, 2.45) is 0 Å². The zero-order valence-electron chi connectivity index (χ0n) is 15.4. The summed E-state index contributed by atoms with van der Waals surface area (Å²) in [5.41, 5.74) is 3.29. The summed E-state index contributed by atoms with van der Waals surface area (Å²) in [6.45, 7) is 1.46. The van der Waals surface area contributed by atoms with Crippen molar-refractivity contribution in [2.75, 3.05) is 10.6 Å². The number of aromatic nitrogens is 4. The molecule has 0 saturated carbocycles. The van der Waals surface area contributed by atoms with Gasteiger partial charge in [0.25, 0.3) is 5.91 Å². The van der Waals surface area contributed by atoms with Crippen molar-refractivity contribution < 1.29 is 9.59 Å². The number of carbonyl (C=O) groups excluding carboxylic acids is 2. The van der Waals surface area contributed by atoms with Crippen LogP contribution < -0.4 is 10.6 Å². The number of anilines is 2. The van der Waals surface area contributed by atoms with Gasteiger partial charge in [0, 0.05) is 23.6 Å². The Morgan fingerprint density at radius 3 is 2.48 bits per heavy atom. The highest BCUT2D eigenvalue weighted by atomic mass is 32.1. The Morgan fingerprint density at radius 2 is 1.76 bits per heavy atom. The second kappa shape index (κ2) is 8.03. The zero-order valence-corrected chi connectivity index (χ0v) is 16.2. The molecule has 2 aromatic heterocycles. The van der Waals surface area contributed by atoms with E-state index in [9.17, 15) is 9.59 Å². The van der Waals surface area contributed by atoms with Crippen molar-refractivity contribution in [3.05, 3.63) is 71.9 Å². The van der Waals surface area contributed by atoms with E-state index in [0.717, 1.165) is 16.9 Å². The van der Waals surface area contributed by atoms with Crippen molar-refractivity contribution >= 4 is 34.0 Å². The van der Waals surface area contributed by atoms with E-state index in [1.165, 1.54) is 29.3 Å². The molecule has 0 aliphatic heterocycles. The molecule has 0 aliphatic carbocycles. The van der Waals surface area contributed by atoms with Crippen LogP contribution in [0.3, 0.4) is 0 Å². The number of amides is 2. The highest BCUT2D eigenvalue weighted by Gasteiger charge is 2.14. The molecular weight excluding hydrogens is 388 g/mol. The highest BCUT2D eigenvalue weighted by Crippen LogP contribution is 2.26. The van der Waals surface area contributed by atoms with Crippen molar-refractivity contribution in [3.8, 4) is 16.9 Å². The number of hydrogen-bond donors (Lipinski definition) is 2. The summed E-state index contributed by atoms with van der Waals surface area (Å²) in [6.07, 6.45) is 1.41. The van der Waals surface area contributed by atoms with Crippen molar-refractivity contribution in [1.29, 1.82) is 0 Å². The first-order valence-electron chi connectivity index (χ1n) is 8.71. The van der Waals surface area contributed by atoms with Crippen LogP contribution in [0.15, 0.2) is 66.2 Å². The summed E-state index contributed by atoms with van der Waals surface area (Å²) in [4.78, 5) is 29.4. The maximum Gasteiger partial charge on any atom is 0.279 e. The van der Waals surface area contributed by atoms with E-state index < -0.39 is 0 Å². The van der Waals surface area contributed by atoms with Gasteiger partial charge < -0.3 is 5.32 Å². The SMILES string of the molecule is CC(=O)Nc1ccc(-c2csc(NC(=O)c3cnn(-c4ccccc4)n3)n2)cc1. The number of nitrogens with zero attached hydrogens (tertiary/aromatic N) is 4. The van der Waals surface area contributed by atoms with Crippen LogP contribution in [-0.2, 0) is 4.79 Å². The average Bonchev–Trinajstić information content (AvgIpc) is 3.39. The molecule has 2 aromatic carbocycles. The Hall–Kier alpha value is -3.85. The van der Waals surface area contributed by atoms with Crippen LogP contribution >= 0.6 is 11.3 Å². The molecule has 8 nitrogen and oxygen atoms in total. The predicted molar refractivity (Wildman–Crippen MR) is 111 cm³/mol. The third kappa shape index (κ3) is 4.36. The molecule has 0 atom stereocenters. The van der Waals surface area contributed by atoms with Crippen LogP contribution in [0.25, 0.3) is 16.9 Å². The Bertz CT molecular complexity index is 1150. The van der Waals surface area contributed by atoms with Crippen molar-refractivity contribution in [3.63, 3.8) is 0 Å². The van der Waals surface area contributed by atoms with Crippen LogP contribution in [-0.4, -0.2) is 31.8 Å². The van der Waals surface area contributed by atoms with Crippen LogP contribution in [0.1, 0.15) is 17.4 Å². The smallest absolute Gasteiger partial charge is 0.279 e. The Kier molecular flexibility index (Phi) is 5.12. The number of para-hydroxylation sites is 1. The molecule has 2 amide bonds. The fraction of sp³-hybridized carbons (Fsp3) is 0.0500. The Morgan fingerprint density at radius 1 is 1.00 bits per heavy atom. The van der Waals surface area contributed by atoms with E-state index in [-0.39, 0.29) is 17.5 Å². The molecule has 0 bridgehead atoms. The van der Waals surface area contributed by atoms with Gasteiger partial charge in [-0.3, -0.25) is 14.9 Å². The molecule has 4 rings (SSSR count). The third-order valence-electron chi connectivity index (χ3n) is 3.94. The van der Waals surface area contributed by atoms with Gasteiger partial charge in [-0.2, -0.15) is 9.90 Å². The van der Waals surface area contributed by atoms with E-state index in [1.54, 1.807) is 12.1 Å². The molecule has 2 N–H and O–H groups in total. The first-order chi connectivity index (χ1) is 14.1. The molecule has 2 heterocycles. The van der Waals surface area contributed by atoms with E-state index in [1.807, 2.05) is 47.8 Å². The molecule has 0 fully saturated rings. The first kappa shape index (κ1) is 18.5. The van der Waals surface area contributed by atoms with Crippen molar-refractivity contribution in [2.45, 2.75) is 6.92 Å². The van der Waals surface area contributed by atoms with Crippen LogP contribution in [0.4, 0.5) is 10.8 Å². The average molecular weight is 404 g/mol. The van der Waals surface area contributed by atoms with Gasteiger partial charge in [-0.05, 0) is 24.3 Å². The molecular formula is C20H16N6O2S. The molecule has 9 heteroatoms. The summed E-state index contributed by atoms with van der Waals surface area (Å²) in [7, 11) is 0. The quantitative estimate of drug-likeness (QED) is 0.529. The first-order valence-corrected chi connectivity index (χ1v) is 9.59. The molecule has 0 aliphatic rings. The summed E-state index contributed by atoms with van der Waals surface area (Å²) in [5, 5.41) is 16.1. The van der Waals surface area contributed by atoms with Gasteiger partial charge in [-0.25, -0.2) is 4.98 Å². The topological polar surface area (TPSA) is 102 Å². The zero-order chi connectivity index (χ0) is 20.2. The molecule has 0 radical (unpaired) electrons. The van der Waals surface area contributed by atoms with Gasteiger partial charge in [-0.1, -0.05) is 30.3 Å². The normalized spacial score (nSPS) is 10.5. The lowest BCUT2D eigenvalue weighted by Crippen LogP contribution is -2.13. The number of benzene rings is 2. The molecule has 144 valence electrons. The second-order valence-electron chi connectivity index (χ2n) is 6.11. The largest absolute Gasteiger partial charge is 0.326 e. The number of carbonyl (C=O) groups is 2. The fourth-order valence-electron chi connectivity index (χ4n) is 2.61. The predicted octanol–water partition coefficient (Wildman–Crippen LogP) is 3.60. The van der Waals surface area contributed by atoms with Gasteiger partial charge in [0.05, 0.1) is 17.6 Å². The van der Waals surface area contributed by atoms with Crippen LogP contribution in [0.5, 0.6) is 0 Å². The number of nitrogens with one attached hydrogen (secondary N) is 2. The summed E-state index contributed by atoms with van der Waals surface area (Å²) in [5.74, 6) is -0.505. The van der Waals surface area contributed by atoms with E-state index >= 15 is 0 Å².